The maximum absolute atomic E-state index is 5.84. The van der Waals surface area contributed by atoms with Crippen LogP contribution in [0.5, 0.6) is 0 Å². The molecule has 0 saturated carbocycles. The van der Waals surface area contributed by atoms with Gasteiger partial charge in [-0.3, -0.25) is 0 Å². The molecule has 2 aliphatic carbocycles. The molecule has 5 rings (SSSR count). The topological polar surface area (TPSA) is 30.2 Å². The fraction of sp³-hybridized carbons (Fsp3) is 0.148. The predicted molar refractivity (Wildman–Crippen MR) is 119 cm³/mol. The second kappa shape index (κ2) is 8.03. The molecule has 0 aromatic carbocycles. The summed E-state index contributed by atoms with van der Waals surface area (Å²) in [5.41, 5.74) is 6.96. The summed E-state index contributed by atoms with van der Waals surface area (Å²) in [5.74, 6) is 1.73. The molecule has 0 bridgehead atoms. The van der Waals surface area contributed by atoms with Crippen LogP contribution in [0.2, 0.25) is 0 Å². The van der Waals surface area contributed by atoms with Crippen molar-refractivity contribution in [3.8, 4) is 45.2 Å². The van der Waals surface area contributed by atoms with Crippen molar-refractivity contribution in [2.75, 3.05) is 0 Å². The highest BCUT2D eigenvalue weighted by atomic mass is 16.3. The Morgan fingerprint density at radius 3 is 1.97 bits per heavy atom. The van der Waals surface area contributed by atoms with Crippen molar-refractivity contribution in [3.05, 3.63) is 91.4 Å². The molecule has 0 aliphatic heterocycles. The summed E-state index contributed by atoms with van der Waals surface area (Å²) in [5, 5.41) is 0. The van der Waals surface area contributed by atoms with Crippen molar-refractivity contribution < 1.29 is 13.4 Å². The summed E-state index contributed by atoms with van der Waals surface area (Å²) in [6, 6.07) is 27.4. The van der Waals surface area contributed by atoms with E-state index in [4.69, 9.17) is 8.83 Å². The molecule has 30 heavy (non-hydrogen) atoms. The van der Waals surface area contributed by atoms with Gasteiger partial charge in [0, 0.05) is 18.6 Å². The van der Waals surface area contributed by atoms with Crippen LogP contribution in [0.1, 0.15) is 19.8 Å². The third kappa shape index (κ3) is 3.33. The van der Waals surface area contributed by atoms with Crippen LogP contribution in [-0.2, 0) is 6.54 Å². The Labute approximate surface area is 176 Å². The summed E-state index contributed by atoms with van der Waals surface area (Å²) >= 11 is 0. The summed E-state index contributed by atoms with van der Waals surface area (Å²) in [7, 11) is 0. The van der Waals surface area contributed by atoms with E-state index in [9.17, 15) is 0 Å². The van der Waals surface area contributed by atoms with Gasteiger partial charge in [-0.2, -0.15) is 4.57 Å². The van der Waals surface area contributed by atoms with E-state index in [0.717, 1.165) is 47.9 Å². The van der Waals surface area contributed by atoms with E-state index in [2.05, 4.69) is 66.1 Å². The monoisotopic (exact) mass is 394 g/mol. The number of fused-ring (bicyclic) bond motifs is 1. The van der Waals surface area contributed by atoms with Crippen molar-refractivity contribution in [2.24, 2.45) is 0 Å². The number of rotatable bonds is 6. The lowest BCUT2D eigenvalue weighted by Crippen LogP contribution is -2.39. The molecule has 3 nitrogen and oxygen atoms in total. The van der Waals surface area contributed by atoms with Crippen molar-refractivity contribution in [1.82, 2.24) is 0 Å². The Bertz CT molecular complexity index is 1160. The van der Waals surface area contributed by atoms with Crippen LogP contribution in [0, 0.1) is 0 Å². The normalized spacial score (nSPS) is 11.2. The number of pyridine rings is 1. The minimum absolute atomic E-state index is 0.863. The summed E-state index contributed by atoms with van der Waals surface area (Å²) in [4.78, 5) is 0. The van der Waals surface area contributed by atoms with Crippen LogP contribution in [0.25, 0.3) is 45.2 Å². The first-order valence-corrected chi connectivity index (χ1v) is 10.5. The van der Waals surface area contributed by atoms with Gasteiger partial charge in [0.1, 0.15) is 6.54 Å². The third-order valence-corrected chi connectivity index (χ3v) is 5.55. The van der Waals surface area contributed by atoms with Crippen LogP contribution >= 0.6 is 0 Å². The van der Waals surface area contributed by atoms with Gasteiger partial charge in [-0.25, -0.2) is 0 Å². The van der Waals surface area contributed by atoms with E-state index >= 15 is 0 Å². The molecular formula is C27H24NO2+. The smallest absolute Gasteiger partial charge is 0.249 e. The molecule has 0 N–H and O–H groups in total. The summed E-state index contributed by atoms with van der Waals surface area (Å²) in [6.45, 7) is 3.11. The number of hydrogen-bond donors (Lipinski definition) is 0. The number of unbranched alkanes of at least 4 members (excludes halogenated alkanes) is 1. The lowest BCUT2D eigenvalue weighted by molar-refractivity contribution is -0.676. The molecule has 3 heterocycles. The number of nitrogens with zero attached hydrogens (tertiary/aromatic N) is 1. The second-order valence-corrected chi connectivity index (χ2v) is 7.50. The molecule has 2 aliphatic rings. The molecule has 3 heteroatoms. The Kier molecular flexibility index (Phi) is 4.94. The van der Waals surface area contributed by atoms with E-state index in [-0.39, 0.29) is 0 Å². The van der Waals surface area contributed by atoms with Crippen molar-refractivity contribution in [2.45, 2.75) is 26.3 Å². The molecule has 0 amide bonds. The van der Waals surface area contributed by atoms with Crippen LogP contribution in [0.3, 0.4) is 0 Å². The fourth-order valence-electron chi connectivity index (χ4n) is 4.06. The van der Waals surface area contributed by atoms with E-state index in [1.807, 2.05) is 24.3 Å². The van der Waals surface area contributed by atoms with Gasteiger partial charge >= 0.3 is 0 Å². The number of furan rings is 2. The Hall–Kier alpha value is -3.59. The molecule has 0 spiro atoms. The fourth-order valence-corrected chi connectivity index (χ4v) is 4.06. The van der Waals surface area contributed by atoms with Crippen LogP contribution in [-0.4, -0.2) is 0 Å². The molecule has 0 unspecified atom stereocenters. The highest BCUT2D eigenvalue weighted by molar-refractivity contribution is 5.87. The zero-order valence-electron chi connectivity index (χ0n) is 17.0. The van der Waals surface area contributed by atoms with Gasteiger partial charge in [0.25, 0.3) is 0 Å². The van der Waals surface area contributed by atoms with Gasteiger partial charge in [-0.15, -0.1) is 0 Å². The van der Waals surface area contributed by atoms with Crippen molar-refractivity contribution >= 4 is 0 Å². The van der Waals surface area contributed by atoms with Gasteiger partial charge in [-0.05, 0) is 46.5 Å². The Morgan fingerprint density at radius 2 is 1.33 bits per heavy atom. The standard InChI is InChI=1S/C27H24NO2/c1-2-3-15-28-24(26-11-7-16-29-26)18-21(19-25(28)27-12-8-17-30-27)23-14-13-20-9-5-4-6-10-22(20)23/h4-14,16-19H,2-3,15H2,1H3/q+1. The highest BCUT2D eigenvalue weighted by Crippen LogP contribution is 2.37. The molecule has 3 aromatic rings. The average molecular weight is 394 g/mol. The molecule has 0 saturated heterocycles. The van der Waals surface area contributed by atoms with Crippen molar-refractivity contribution in [1.29, 1.82) is 0 Å². The SMILES string of the molecule is CCCC[n+]1c(-c2ccco2)cc(-c2ccc3cccccc2-3)cc1-c1ccco1. The lowest BCUT2D eigenvalue weighted by Gasteiger charge is -2.10. The van der Waals surface area contributed by atoms with E-state index in [1.165, 1.54) is 16.7 Å². The largest absolute Gasteiger partial charge is 0.458 e. The van der Waals surface area contributed by atoms with E-state index in [1.54, 1.807) is 12.5 Å². The zero-order chi connectivity index (χ0) is 20.3. The van der Waals surface area contributed by atoms with Gasteiger partial charge < -0.3 is 8.83 Å². The number of aromatic nitrogens is 1. The van der Waals surface area contributed by atoms with Crippen molar-refractivity contribution in [3.63, 3.8) is 0 Å². The summed E-state index contributed by atoms with van der Waals surface area (Å²) < 4.78 is 14.0. The van der Waals surface area contributed by atoms with Gasteiger partial charge in [0.2, 0.25) is 11.4 Å². The van der Waals surface area contributed by atoms with Gasteiger partial charge in [0.15, 0.2) is 11.5 Å². The predicted octanol–water partition coefficient (Wildman–Crippen LogP) is 7.07. The Balaban J connectivity index is 1.77. The minimum atomic E-state index is 0.863. The first-order chi connectivity index (χ1) is 14.8. The first kappa shape index (κ1) is 18.4. The highest BCUT2D eigenvalue weighted by Gasteiger charge is 2.26. The first-order valence-electron chi connectivity index (χ1n) is 10.5. The minimum Gasteiger partial charge on any atom is -0.458 e. The van der Waals surface area contributed by atoms with Gasteiger partial charge in [0.05, 0.1) is 12.5 Å². The van der Waals surface area contributed by atoms with Gasteiger partial charge in [-0.1, -0.05) is 55.8 Å². The molecule has 148 valence electrons. The third-order valence-electron chi connectivity index (χ3n) is 5.55. The average Bonchev–Trinajstić information content (AvgIpc) is 3.52. The summed E-state index contributed by atoms with van der Waals surface area (Å²) in [6.07, 6.45) is 5.67. The van der Waals surface area contributed by atoms with E-state index < -0.39 is 0 Å². The number of hydrogen-bond acceptors (Lipinski definition) is 2. The second-order valence-electron chi connectivity index (χ2n) is 7.50. The maximum atomic E-state index is 5.84. The maximum Gasteiger partial charge on any atom is 0.249 e. The zero-order valence-corrected chi connectivity index (χ0v) is 17.0. The molecule has 0 radical (unpaired) electrons. The molecule has 3 aromatic heterocycles. The van der Waals surface area contributed by atoms with E-state index in [0.29, 0.717) is 0 Å². The Morgan fingerprint density at radius 1 is 0.667 bits per heavy atom. The quantitative estimate of drug-likeness (QED) is 0.288. The molecule has 0 fully saturated rings. The van der Waals surface area contributed by atoms with Crippen LogP contribution < -0.4 is 4.57 Å². The van der Waals surface area contributed by atoms with Crippen LogP contribution in [0.15, 0.2) is 100 Å². The lowest BCUT2D eigenvalue weighted by atomic mass is 10.00. The molecular weight excluding hydrogens is 370 g/mol. The van der Waals surface area contributed by atoms with Crippen LogP contribution in [0.4, 0.5) is 0 Å². The molecule has 0 atom stereocenters.